The molecule has 2 rings (SSSR count). The maximum absolute atomic E-state index is 12.2. The molecule has 0 fully saturated rings. The number of amides is 1. The minimum atomic E-state index is -0.884. The van der Waals surface area contributed by atoms with Gasteiger partial charge >= 0.3 is 5.97 Å². The van der Waals surface area contributed by atoms with Crippen LogP contribution in [0.1, 0.15) is 41.9 Å². The molecule has 6 nitrogen and oxygen atoms in total. The Balaban J connectivity index is 1.99. The van der Waals surface area contributed by atoms with Crippen molar-refractivity contribution in [2.75, 3.05) is 5.32 Å². The Bertz CT molecular complexity index is 676. The number of nitrogens with zero attached hydrogens (tertiary/aromatic N) is 1. The second-order valence-electron chi connectivity index (χ2n) is 5.16. The number of aromatic nitrogens is 1. The van der Waals surface area contributed by atoms with Crippen LogP contribution in [-0.4, -0.2) is 23.1 Å². The number of hydrogen-bond acceptors (Lipinski definition) is 5. The summed E-state index contributed by atoms with van der Waals surface area (Å²) in [5, 5.41) is 6.25. The van der Waals surface area contributed by atoms with Crippen molar-refractivity contribution in [3.05, 3.63) is 47.2 Å². The standard InChI is InChI=1S/C17H20N2O4/c1-4-12-6-8-13(9-7-12)17(21)22-14(5-2)16(20)18-15-10-11(3)23-19-15/h6-10,14H,4-5H2,1-3H3,(H,18,19,20)/t14-/m1/s1. The number of nitrogens with one attached hydrogen (secondary N) is 1. The second-order valence-corrected chi connectivity index (χ2v) is 5.16. The van der Waals surface area contributed by atoms with Gasteiger partial charge in [0.05, 0.1) is 5.56 Å². The van der Waals surface area contributed by atoms with Crippen LogP contribution in [-0.2, 0) is 16.0 Å². The number of esters is 1. The van der Waals surface area contributed by atoms with Gasteiger partial charge in [0.2, 0.25) is 0 Å². The molecule has 0 saturated heterocycles. The van der Waals surface area contributed by atoms with Crippen molar-refractivity contribution in [2.24, 2.45) is 0 Å². The van der Waals surface area contributed by atoms with Gasteiger partial charge in [-0.15, -0.1) is 0 Å². The minimum absolute atomic E-state index is 0.300. The largest absolute Gasteiger partial charge is 0.449 e. The molecule has 0 saturated carbocycles. The monoisotopic (exact) mass is 316 g/mol. The fourth-order valence-corrected chi connectivity index (χ4v) is 2.03. The third-order valence-corrected chi connectivity index (χ3v) is 3.39. The van der Waals surface area contributed by atoms with Crippen molar-refractivity contribution in [2.45, 2.75) is 39.7 Å². The lowest BCUT2D eigenvalue weighted by atomic mass is 10.1. The predicted octanol–water partition coefficient (Wildman–Crippen LogP) is 3.12. The summed E-state index contributed by atoms with van der Waals surface area (Å²) >= 11 is 0. The fraction of sp³-hybridized carbons (Fsp3) is 0.353. The van der Waals surface area contributed by atoms with Crippen molar-refractivity contribution in [3.8, 4) is 0 Å². The van der Waals surface area contributed by atoms with Crippen LogP contribution in [0.3, 0.4) is 0 Å². The van der Waals surface area contributed by atoms with Crippen LogP contribution in [0.5, 0.6) is 0 Å². The molecule has 0 unspecified atom stereocenters. The van der Waals surface area contributed by atoms with Crippen LogP contribution in [0, 0.1) is 6.92 Å². The maximum atomic E-state index is 12.2. The van der Waals surface area contributed by atoms with E-state index in [2.05, 4.69) is 10.5 Å². The van der Waals surface area contributed by atoms with Crippen LogP contribution in [0.4, 0.5) is 5.82 Å². The molecule has 2 aromatic rings. The zero-order valence-electron chi connectivity index (χ0n) is 13.5. The van der Waals surface area contributed by atoms with Crippen molar-refractivity contribution in [1.82, 2.24) is 5.16 Å². The first-order chi connectivity index (χ1) is 11.0. The first kappa shape index (κ1) is 16.7. The summed E-state index contributed by atoms with van der Waals surface area (Å²) in [7, 11) is 0. The summed E-state index contributed by atoms with van der Waals surface area (Å²) in [5.41, 5.74) is 1.55. The number of anilines is 1. The molecule has 0 radical (unpaired) electrons. The van der Waals surface area contributed by atoms with Crippen molar-refractivity contribution >= 4 is 17.7 Å². The van der Waals surface area contributed by atoms with E-state index in [1.54, 1.807) is 32.0 Å². The van der Waals surface area contributed by atoms with Gasteiger partial charge in [-0.25, -0.2) is 4.79 Å². The molecule has 122 valence electrons. The highest BCUT2D eigenvalue weighted by atomic mass is 16.5. The lowest BCUT2D eigenvalue weighted by Gasteiger charge is -2.15. The lowest BCUT2D eigenvalue weighted by molar-refractivity contribution is -0.124. The normalized spacial score (nSPS) is 11.8. The summed E-state index contributed by atoms with van der Waals surface area (Å²) in [4.78, 5) is 24.3. The number of aryl methyl sites for hydroxylation is 2. The molecule has 0 spiro atoms. The summed E-state index contributed by atoms with van der Waals surface area (Å²) in [6.07, 6.45) is 0.374. The average Bonchev–Trinajstić information content (AvgIpc) is 2.97. The van der Waals surface area contributed by atoms with Crippen LogP contribution < -0.4 is 5.32 Å². The SMILES string of the molecule is CCc1ccc(C(=O)O[C@H](CC)C(=O)Nc2cc(C)on2)cc1. The number of carbonyl (C=O) groups is 2. The van der Waals surface area contributed by atoms with Crippen molar-refractivity contribution in [3.63, 3.8) is 0 Å². The molecule has 0 bridgehead atoms. The number of hydrogen-bond donors (Lipinski definition) is 1. The van der Waals surface area contributed by atoms with E-state index < -0.39 is 18.0 Å². The van der Waals surface area contributed by atoms with Crippen LogP contribution >= 0.6 is 0 Å². The molecule has 1 atom stereocenters. The zero-order chi connectivity index (χ0) is 16.8. The van der Waals surface area contributed by atoms with Gasteiger partial charge in [0.15, 0.2) is 11.9 Å². The first-order valence-corrected chi connectivity index (χ1v) is 7.57. The number of ether oxygens (including phenoxy) is 1. The first-order valence-electron chi connectivity index (χ1n) is 7.57. The second kappa shape index (κ2) is 7.58. The quantitative estimate of drug-likeness (QED) is 0.828. The molecular weight excluding hydrogens is 296 g/mol. The molecule has 0 aliphatic heterocycles. The van der Waals surface area contributed by atoms with Crippen molar-refractivity contribution < 1.29 is 18.8 Å². The molecule has 1 amide bonds. The number of benzene rings is 1. The minimum Gasteiger partial charge on any atom is -0.449 e. The summed E-state index contributed by atoms with van der Waals surface area (Å²) in [6, 6.07) is 8.74. The fourth-order valence-electron chi connectivity index (χ4n) is 2.03. The smallest absolute Gasteiger partial charge is 0.338 e. The van der Waals surface area contributed by atoms with E-state index in [0.717, 1.165) is 12.0 Å². The Morgan fingerprint density at radius 3 is 2.48 bits per heavy atom. The highest BCUT2D eigenvalue weighted by Crippen LogP contribution is 2.12. The highest BCUT2D eigenvalue weighted by molar-refractivity contribution is 5.97. The Kier molecular flexibility index (Phi) is 5.51. The summed E-state index contributed by atoms with van der Waals surface area (Å²) in [5.74, 6) is -0.0685. The zero-order valence-corrected chi connectivity index (χ0v) is 13.5. The number of rotatable bonds is 6. The Hall–Kier alpha value is -2.63. The van der Waals surface area contributed by atoms with Gasteiger partial charge in [-0.3, -0.25) is 4.79 Å². The van der Waals surface area contributed by atoms with Gasteiger partial charge in [0.25, 0.3) is 5.91 Å². The van der Waals surface area contributed by atoms with Gasteiger partial charge < -0.3 is 14.6 Å². The van der Waals surface area contributed by atoms with Crippen LogP contribution in [0.25, 0.3) is 0 Å². The van der Waals surface area contributed by atoms with Crippen LogP contribution in [0.2, 0.25) is 0 Å². The Morgan fingerprint density at radius 2 is 1.96 bits per heavy atom. The molecule has 0 aliphatic carbocycles. The summed E-state index contributed by atoms with van der Waals surface area (Å²) < 4.78 is 10.2. The van der Waals surface area contributed by atoms with Crippen LogP contribution in [0.15, 0.2) is 34.9 Å². The van der Waals surface area contributed by atoms with Gasteiger partial charge in [-0.05, 0) is 37.5 Å². The van der Waals surface area contributed by atoms with Gasteiger partial charge in [-0.1, -0.05) is 31.1 Å². The third kappa shape index (κ3) is 4.42. The number of carbonyl (C=O) groups excluding carboxylic acids is 2. The van der Waals surface area contributed by atoms with E-state index >= 15 is 0 Å². The maximum Gasteiger partial charge on any atom is 0.338 e. The molecule has 1 aromatic carbocycles. The van der Waals surface area contributed by atoms with Gasteiger partial charge in [0.1, 0.15) is 5.76 Å². The van der Waals surface area contributed by atoms with E-state index in [9.17, 15) is 9.59 Å². The lowest BCUT2D eigenvalue weighted by Crippen LogP contribution is -2.32. The Morgan fingerprint density at radius 1 is 1.26 bits per heavy atom. The molecular formula is C17H20N2O4. The van der Waals surface area contributed by atoms with E-state index in [1.807, 2.05) is 19.1 Å². The predicted molar refractivity (Wildman–Crippen MR) is 85.2 cm³/mol. The topological polar surface area (TPSA) is 81.4 Å². The molecule has 1 heterocycles. The highest BCUT2D eigenvalue weighted by Gasteiger charge is 2.22. The van der Waals surface area contributed by atoms with E-state index in [0.29, 0.717) is 23.6 Å². The molecule has 0 aliphatic rings. The molecule has 1 aromatic heterocycles. The molecule has 23 heavy (non-hydrogen) atoms. The van der Waals surface area contributed by atoms with Gasteiger partial charge in [-0.2, -0.15) is 0 Å². The summed E-state index contributed by atoms with van der Waals surface area (Å²) in [6.45, 7) is 5.53. The van der Waals surface area contributed by atoms with E-state index in [-0.39, 0.29) is 0 Å². The van der Waals surface area contributed by atoms with E-state index in [1.165, 1.54) is 0 Å². The van der Waals surface area contributed by atoms with Gasteiger partial charge in [0, 0.05) is 6.07 Å². The van der Waals surface area contributed by atoms with E-state index in [4.69, 9.17) is 9.26 Å². The third-order valence-electron chi connectivity index (χ3n) is 3.39. The molecule has 6 heteroatoms. The van der Waals surface area contributed by atoms with Crippen molar-refractivity contribution in [1.29, 1.82) is 0 Å². The average molecular weight is 316 g/mol. The molecule has 1 N–H and O–H groups in total. The Labute approximate surface area is 134 Å².